The lowest BCUT2D eigenvalue weighted by atomic mass is 10.2. The standard InChI is InChI=1S/C10H16N4/c1-8-3-2-6-14(8)7-10-12-5-4-9(11)13-10/h4-5,8H,2-3,6-7H2,1H3,(H2,11,12,13). The van der Waals surface area contributed by atoms with E-state index in [0.29, 0.717) is 11.9 Å². The molecule has 1 unspecified atom stereocenters. The number of hydrogen-bond acceptors (Lipinski definition) is 4. The zero-order valence-electron chi connectivity index (χ0n) is 8.48. The highest BCUT2D eigenvalue weighted by Gasteiger charge is 2.20. The van der Waals surface area contributed by atoms with Gasteiger partial charge in [-0.15, -0.1) is 0 Å². The maximum absolute atomic E-state index is 5.60. The van der Waals surface area contributed by atoms with Crippen LogP contribution >= 0.6 is 0 Å². The molecule has 0 aliphatic carbocycles. The predicted octanol–water partition coefficient (Wildman–Crippen LogP) is 1.04. The number of hydrogen-bond donors (Lipinski definition) is 1. The molecule has 0 radical (unpaired) electrons. The summed E-state index contributed by atoms with van der Waals surface area (Å²) in [6.07, 6.45) is 4.28. The minimum Gasteiger partial charge on any atom is -0.384 e. The fourth-order valence-electron chi connectivity index (χ4n) is 1.90. The maximum Gasteiger partial charge on any atom is 0.144 e. The van der Waals surface area contributed by atoms with E-state index in [0.717, 1.165) is 18.9 Å². The van der Waals surface area contributed by atoms with E-state index in [-0.39, 0.29) is 0 Å². The number of nitrogens with zero attached hydrogens (tertiary/aromatic N) is 3. The normalized spacial score (nSPS) is 22.8. The van der Waals surface area contributed by atoms with Gasteiger partial charge in [0.15, 0.2) is 0 Å². The Hall–Kier alpha value is -1.16. The van der Waals surface area contributed by atoms with Gasteiger partial charge in [0.2, 0.25) is 0 Å². The zero-order chi connectivity index (χ0) is 9.97. The predicted molar refractivity (Wildman–Crippen MR) is 55.6 cm³/mol. The van der Waals surface area contributed by atoms with Crippen molar-refractivity contribution in [1.82, 2.24) is 14.9 Å². The summed E-state index contributed by atoms with van der Waals surface area (Å²) in [5.74, 6) is 1.39. The van der Waals surface area contributed by atoms with Crippen molar-refractivity contribution in [2.75, 3.05) is 12.3 Å². The minimum atomic E-state index is 0.557. The van der Waals surface area contributed by atoms with Crippen molar-refractivity contribution in [2.45, 2.75) is 32.4 Å². The SMILES string of the molecule is CC1CCCN1Cc1nccc(N)n1. The molecule has 14 heavy (non-hydrogen) atoms. The Morgan fingerprint density at radius 2 is 2.50 bits per heavy atom. The van der Waals surface area contributed by atoms with Gasteiger partial charge in [-0.1, -0.05) is 0 Å². The average molecular weight is 192 g/mol. The van der Waals surface area contributed by atoms with Crippen molar-refractivity contribution in [2.24, 2.45) is 0 Å². The van der Waals surface area contributed by atoms with E-state index < -0.39 is 0 Å². The molecule has 4 heteroatoms. The second kappa shape index (κ2) is 3.92. The highest BCUT2D eigenvalue weighted by molar-refractivity contribution is 5.24. The number of nitrogens with two attached hydrogens (primary N) is 1. The number of nitrogen functional groups attached to an aromatic ring is 1. The quantitative estimate of drug-likeness (QED) is 0.760. The summed E-state index contributed by atoms with van der Waals surface area (Å²) >= 11 is 0. The number of rotatable bonds is 2. The third-order valence-electron chi connectivity index (χ3n) is 2.76. The number of aromatic nitrogens is 2. The molecule has 1 aromatic heterocycles. The molecule has 2 heterocycles. The number of likely N-dealkylation sites (tertiary alicyclic amines) is 1. The first-order chi connectivity index (χ1) is 6.75. The van der Waals surface area contributed by atoms with E-state index in [1.807, 2.05) is 0 Å². The van der Waals surface area contributed by atoms with Crippen LogP contribution in [0.15, 0.2) is 12.3 Å². The molecule has 2 rings (SSSR count). The van der Waals surface area contributed by atoms with Gasteiger partial charge in [-0.3, -0.25) is 4.90 Å². The summed E-state index contributed by atoms with van der Waals surface area (Å²) in [6.45, 7) is 4.23. The average Bonchev–Trinajstić information content (AvgIpc) is 2.52. The first-order valence-corrected chi connectivity index (χ1v) is 5.07. The molecule has 76 valence electrons. The second-order valence-corrected chi connectivity index (χ2v) is 3.86. The van der Waals surface area contributed by atoms with Crippen LogP contribution in [0.2, 0.25) is 0 Å². The van der Waals surface area contributed by atoms with Gasteiger partial charge in [-0.05, 0) is 32.4 Å². The molecule has 1 aromatic rings. The largest absolute Gasteiger partial charge is 0.384 e. The Bertz CT molecular complexity index is 313. The molecule has 1 aliphatic heterocycles. The van der Waals surface area contributed by atoms with E-state index in [9.17, 15) is 0 Å². The molecule has 4 nitrogen and oxygen atoms in total. The van der Waals surface area contributed by atoms with Gasteiger partial charge >= 0.3 is 0 Å². The van der Waals surface area contributed by atoms with Crippen LogP contribution in [0, 0.1) is 0 Å². The van der Waals surface area contributed by atoms with Gasteiger partial charge < -0.3 is 5.73 Å². The van der Waals surface area contributed by atoms with E-state index in [1.165, 1.54) is 12.8 Å². The highest BCUT2D eigenvalue weighted by Crippen LogP contribution is 2.17. The van der Waals surface area contributed by atoms with Gasteiger partial charge in [0.25, 0.3) is 0 Å². The minimum absolute atomic E-state index is 0.557. The molecular weight excluding hydrogens is 176 g/mol. The van der Waals surface area contributed by atoms with Crippen molar-refractivity contribution < 1.29 is 0 Å². The van der Waals surface area contributed by atoms with Crippen molar-refractivity contribution in [1.29, 1.82) is 0 Å². The third-order valence-corrected chi connectivity index (χ3v) is 2.76. The van der Waals surface area contributed by atoms with Crippen molar-refractivity contribution in [3.8, 4) is 0 Å². The lowest BCUT2D eigenvalue weighted by Gasteiger charge is -2.19. The first kappa shape index (κ1) is 9.40. The molecule has 0 amide bonds. The topological polar surface area (TPSA) is 55.0 Å². The Morgan fingerprint density at radius 1 is 1.64 bits per heavy atom. The van der Waals surface area contributed by atoms with Crippen molar-refractivity contribution >= 4 is 5.82 Å². The van der Waals surface area contributed by atoms with Gasteiger partial charge in [0.1, 0.15) is 11.6 Å². The van der Waals surface area contributed by atoms with Crippen LogP contribution in [0.3, 0.4) is 0 Å². The smallest absolute Gasteiger partial charge is 0.144 e. The van der Waals surface area contributed by atoms with Crippen LogP contribution < -0.4 is 5.73 Å². The molecule has 0 spiro atoms. The van der Waals surface area contributed by atoms with Crippen LogP contribution in [0.4, 0.5) is 5.82 Å². The maximum atomic E-state index is 5.60. The zero-order valence-corrected chi connectivity index (χ0v) is 8.48. The lowest BCUT2D eigenvalue weighted by molar-refractivity contribution is 0.254. The Balaban J connectivity index is 2.03. The molecule has 2 N–H and O–H groups in total. The van der Waals surface area contributed by atoms with E-state index >= 15 is 0 Å². The van der Waals surface area contributed by atoms with Crippen LogP contribution in [-0.4, -0.2) is 27.5 Å². The summed E-state index contributed by atoms with van der Waals surface area (Å²) in [7, 11) is 0. The van der Waals surface area contributed by atoms with Crippen LogP contribution in [0.25, 0.3) is 0 Å². The van der Waals surface area contributed by atoms with Crippen LogP contribution in [0.1, 0.15) is 25.6 Å². The first-order valence-electron chi connectivity index (χ1n) is 5.07. The molecule has 1 fully saturated rings. The molecule has 0 aromatic carbocycles. The fourth-order valence-corrected chi connectivity index (χ4v) is 1.90. The van der Waals surface area contributed by atoms with Gasteiger partial charge in [-0.2, -0.15) is 0 Å². The van der Waals surface area contributed by atoms with Gasteiger partial charge in [-0.25, -0.2) is 9.97 Å². The van der Waals surface area contributed by atoms with E-state index in [4.69, 9.17) is 5.73 Å². The summed E-state index contributed by atoms with van der Waals surface area (Å²) in [5, 5.41) is 0. The van der Waals surface area contributed by atoms with E-state index in [1.54, 1.807) is 12.3 Å². The second-order valence-electron chi connectivity index (χ2n) is 3.86. The summed E-state index contributed by atoms with van der Waals surface area (Å²) in [6, 6.07) is 2.37. The molecule has 1 aliphatic rings. The van der Waals surface area contributed by atoms with E-state index in [2.05, 4.69) is 21.8 Å². The fraction of sp³-hybridized carbons (Fsp3) is 0.600. The van der Waals surface area contributed by atoms with Crippen molar-refractivity contribution in [3.63, 3.8) is 0 Å². The summed E-state index contributed by atoms with van der Waals surface area (Å²) < 4.78 is 0. The molecule has 0 bridgehead atoms. The molecule has 0 saturated carbocycles. The Kier molecular flexibility index (Phi) is 2.63. The summed E-state index contributed by atoms with van der Waals surface area (Å²) in [4.78, 5) is 10.8. The Morgan fingerprint density at radius 3 is 3.14 bits per heavy atom. The third kappa shape index (κ3) is 2.01. The molecular formula is C10H16N4. The molecule has 1 atom stereocenters. The number of anilines is 1. The highest BCUT2D eigenvalue weighted by atomic mass is 15.2. The summed E-state index contributed by atoms with van der Waals surface area (Å²) in [5.41, 5.74) is 5.60. The van der Waals surface area contributed by atoms with Crippen LogP contribution in [0.5, 0.6) is 0 Å². The van der Waals surface area contributed by atoms with Crippen molar-refractivity contribution in [3.05, 3.63) is 18.1 Å². The van der Waals surface area contributed by atoms with Gasteiger partial charge in [0.05, 0.1) is 6.54 Å². The van der Waals surface area contributed by atoms with Gasteiger partial charge in [0, 0.05) is 12.2 Å². The van der Waals surface area contributed by atoms with Crippen LogP contribution in [-0.2, 0) is 6.54 Å². The lowest BCUT2D eigenvalue weighted by Crippen LogP contribution is -2.27. The molecule has 1 saturated heterocycles. The monoisotopic (exact) mass is 192 g/mol. The Labute approximate surface area is 84.2 Å².